The molecule has 2 rings (SSSR count). The lowest BCUT2D eigenvalue weighted by atomic mass is 10.0. The fourth-order valence-corrected chi connectivity index (χ4v) is 4.34. The van der Waals surface area contributed by atoms with Crippen LogP contribution < -0.4 is 5.73 Å². The molecular formula is C15H16Br2N2S. The van der Waals surface area contributed by atoms with Crippen molar-refractivity contribution < 1.29 is 0 Å². The number of rotatable bonds is 5. The van der Waals surface area contributed by atoms with E-state index in [9.17, 15) is 0 Å². The minimum atomic E-state index is 0.0765. The van der Waals surface area contributed by atoms with Gasteiger partial charge in [0.1, 0.15) is 5.03 Å². The lowest BCUT2D eigenvalue weighted by Gasteiger charge is -2.24. The largest absolute Gasteiger partial charge is 0.326 e. The van der Waals surface area contributed by atoms with E-state index in [4.69, 9.17) is 5.73 Å². The zero-order chi connectivity index (χ0) is 14.5. The van der Waals surface area contributed by atoms with Gasteiger partial charge in [0, 0.05) is 21.2 Å². The summed E-state index contributed by atoms with van der Waals surface area (Å²) in [7, 11) is 0. The first-order valence-corrected chi connectivity index (χ1v) is 8.87. The molecule has 0 radical (unpaired) electrons. The second-order valence-electron chi connectivity index (χ2n) is 4.42. The van der Waals surface area contributed by atoms with Gasteiger partial charge in [0.05, 0.1) is 5.25 Å². The molecule has 0 saturated heterocycles. The van der Waals surface area contributed by atoms with Gasteiger partial charge in [0.25, 0.3) is 0 Å². The Kier molecular flexibility index (Phi) is 6.08. The summed E-state index contributed by atoms with van der Waals surface area (Å²) in [5.74, 6) is 0. The summed E-state index contributed by atoms with van der Waals surface area (Å²) in [5, 5.41) is 1.14. The summed E-state index contributed by atoms with van der Waals surface area (Å²) in [6, 6.07) is 12.2. The molecule has 1 aromatic heterocycles. The molecule has 0 fully saturated rings. The van der Waals surface area contributed by atoms with E-state index in [1.165, 1.54) is 5.56 Å². The van der Waals surface area contributed by atoms with Crippen molar-refractivity contribution in [3.05, 3.63) is 57.1 Å². The van der Waals surface area contributed by atoms with Crippen molar-refractivity contribution in [1.82, 2.24) is 4.98 Å². The summed E-state index contributed by atoms with van der Waals surface area (Å²) in [6.45, 7) is 2.11. The van der Waals surface area contributed by atoms with E-state index >= 15 is 0 Å². The van der Waals surface area contributed by atoms with Crippen LogP contribution in [0.5, 0.6) is 0 Å². The predicted molar refractivity (Wildman–Crippen MR) is 92.9 cm³/mol. The molecule has 0 aliphatic heterocycles. The molecule has 2 atom stereocenters. The highest BCUT2D eigenvalue weighted by molar-refractivity contribution is 9.10. The van der Waals surface area contributed by atoms with Gasteiger partial charge in [-0.2, -0.15) is 0 Å². The van der Waals surface area contributed by atoms with Gasteiger partial charge in [-0.1, -0.05) is 52.8 Å². The van der Waals surface area contributed by atoms with Gasteiger partial charge in [0.2, 0.25) is 0 Å². The number of nitrogens with two attached hydrogens (primary N) is 1. The Labute approximate surface area is 140 Å². The first-order valence-electron chi connectivity index (χ1n) is 6.40. The van der Waals surface area contributed by atoms with Crippen LogP contribution in [0.15, 0.2) is 56.6 Å². The molecule has 2 unspecified atom stereocenters. The van der Waals surface area contributed by atoms with Crippen LogP contribution in [0, 0.1) is 0 Å². The van der Waals surface area contributed by atoms with Gasteiger partial charge in [-0.25, -0.2) is 4.98 Å². The molecule has 2 nitrogen and oxygen atoms in total. The highest BCUT2D eigenvalue weighted by Crippen LogP contribution is 2.42. The Hall–Kier alpha value is -0.360. The maximum absolute atomic E-state index is 6.33. The monoisotopic (exact) mass is 414 g/mol. The van der Waals surface area contributed by atoms with Crippen LogP contribution in [0.1, 0.15) is 24.2 Å². The van der Waals surface area contributed by atoms with E-state index in [0.717, 1.165) is 20.4 Å². The summed E-state index contributed by atoms with van der Waals surface area (Å²) in [6.07, 6.45) is 2.73. The van der Waals surface area contributed by atoms with Crippen molar-refractivity contribution in [2.24, 2.45) is 5.73 Å². The van der Waals surface area contributed by atoms with E-state index in [1.807, 2.05) is 30.5 Å². The molecule has 5 heteroatoms. The highest BCUT2D eigenvalue weighted by atomic mass is 79.9. The van der Waals surface area contributed by atoms with Gasteiger partial charge < -0.3 is 5.73 Å². The van der Waals surface area contributed by atoms with Gasteiger partial charge in [0.15, 0.2) is 0 Å². The normalized spacial score (nSPS) is 14.0. The SMILES string of the molecule is CCC(N)C(Sc1ncccc1Br)c1ccccc1Br. The minimum Gasteiger partial charge on any atom is -0.326 e. The number of nitrogens with zero attached hydrogens (tertiary/aromatic N) is 1. The molecule has 0 spiro atoms. The van der Waals surface area contributed by atoms with Gasteiger partial charge in [-0.05, 0) is 46.1 Å². The summed E-state index contributed by atoms with van der Waals surface area (Å²) in [5.41, 5.74) is 7.54. The topological polar surface area (TPSA) is 38.9 Å². The van der Waals surface area contributed by atoms with E-state index in [0.29, 0.717) is 0 Å². The van der Waals surface area contributed by atoms with Crippen molar-refractivity contribution in [3.63, 3.8) is 0 Å². The molecule has 0 aliphatic carbocycles. The van der Waals surface area contributed by atoms with Crippen molar-refractivity contribution >= 4 is 43.6 Å². The van der Waals surface area contributed by atoms with Crippen LogP contribution in [-0.2, 0) is 0 Å². The van der Waals surface area contributed by atoms with E-state index in [1.54, 1.807) is 11.8 Å². The molecule has 0 aliphatic rings. The maximum atomic E-state index is 6.33. The maximum Gasteiger partial charge on any atom is 0.111 e. The minimum absolute atomic E-state index is 0.0765. The molecule has 2 N–H and O–H groups in total. The molecule has 0 bridgehead atoms. The van der Waals surface area contributed by atoms with E-state index in [-0.39, 0.29) is 11.3 Å². The number of hydrogen-bond donors (Lipinski definition) is 1. The van der Waals surface area contributed by atoms with Crippen LogP contribution in [0.4, 0.5) is 0 Å². The van der Waals surface area contributed by atoms with Crippen LogP contribution in [0.2, 0.25) is 0 Å². The lowest BCUT2D eigenvalue weighted by molar-refractivity contribution is 0.632. The fourth-order valence-electron chi connectivity index (χ4n) is 1.88. The summed E-state index contributed by atoms with van der Waals surface area (Å²) < 4.78 is 2.10. The molecule has 0 saturated carbocycles. The number of thioether (sulfide) groups is 1. The van der Waals surface area contributed by atoms with Crippen LogP contribution in [-0.4, -0.2) is 11.0 Å². The smallest absolute Gasteiger partial charge is 0.111 e. The highest BCUT2D eigenvalue weighted by Gasteiger charge is 2.23. The quantitative estimate of drug-likeness (QED) is 0.684. The Balaban J connectivity index is 2.35. The molecule has 106 valence electrons. The zero-order valence-corrected chi connectivity index (χ0v) is 15.1. The third kappa shape index (κ3) is 3.85. The van der Waals surface area contributed by atoms with Crippen molar-refractivity contribution in [1.29, 1.82) is 0 Å². The number of halogens is 2. The van der Waals surface area contributed by atoms with Crippen LogP contribution >= 0.6 is 43.6 Å². The number of hydrogen-bond acceptors (Lipinski definition) is 3. The third-order valence-electron chi connectivity index (χ3n) is 3.04. The second-order valence-corrected chi connectivity index (χ2v) is 7.26. The number of aromatic nitrogens is 1. The van der Waals surface area contributed by atoms with Gasteiger partial charge >= 0.3 is 0 Å². The zero-order valence-electron chi connectivity index (χ0n) is 11.1. The predicted octanol–water partition coefficient (Wildman–Crippen LogP) is 5.18. The van der Waals surface area contributed by atoms with E-state index in [2.05, 4.69) is 55.9 Å². The Bertz CT molecular complexity index is 577. The van der Waals surface area contributed by atoms with Gasteiger partial charge in [-0.3, -0.25) is 0 Å². The Morgan fingerprint density at radius 3 is 2.50 bits per heavy atom. The third-order valence-corrected chi connectivity index (χ3v) is 6.07. The van der Waals surface area contributed by atoms with Crippen molar-refractivity contribution in [2.45, 2.75) is 29.7 Å². The average molecular weight is 416 g/mol. The Morgan fingerprint density at radius 2 is 1.85 bits per heavy atom. The fraction of sp³-hybridized carbons (Fsp3) is 0.267. The first kappa shape index (κ1) is 16.0. The standard InChI is InChI=1S/C15H16Br2N2S/c1-2-13(18)14(10-6-3-4-7-11(10)16)20-15-12(17)8-5-9-19-15/h3-9,13-14H,2,18H2,1H3. The molecular weight excluding hydrogens is 400 g/mol. The van der Waals surface area contributed by atoms with E-state index < -0.39 is 0 Å². The summed E-state index contributed by atoms with van der Waals surface area (Å²) >= 11 is 8.88. The molecule has 20 heavy (non-hydrogen) atoms. The molecule has 0 amide bonds. The number of benzene rings is 1. The molecule has 1 heterocycles. The molecule has 1 aromatic carbocycles. The Morgan fingerprint density at radius 1 is 1.15 bits per heavy atom. The second kappa shape index (κ2) is 7.59. The molecule has 2 aromatic rings. The first-order chi connectivity index (χ1) is 9.63. The lowest BCUT2D eigenvalue weighted by Crippen LogP contribution is -2.26. The van der Waals surface area contributed by atoms with Crippen LogP contribution in [0.3, 0.4) is 0 Å². The van der Waals surface area contributed by atoms with Crippen LogP contribution in [0.25, 0.3) is 0 Å². The summed E-state index contributed by atoms with van der Waals surface area (Å²) in [4.78, 5) is 4.44. The number of pyridine rings is 1. The van der Waals surface area contributed by atoms with Gasteiger partial charge in [-0.15, -0.1) is 0 Å². The van der Waals surface area contributed by atoms with Crippen molar-refractivity contribution in [2.75, 3.05) is 0 Å². The average Bonchev–Trinajstić information content (AvgIpc) is 2.47. The van der Waals surface area contributed by atoms with Crippen molar-refractivity contribution in [3.8, 4) is 0 Å².